The van der Waals surface area contributed by atoms with Crippen LogP contribution >= 0.6 is 0 Å². The summed E-state index contributed by atoms with van der Waals surface area (Å²) in [5.41, 5.74) is 2.25. The van der Waals surface area contributed by atoms with Gasteiger partial charge in [-0.1, -0.05) is 32.0 Å². The molecule has 0 spiro atoms. The largest absolute Gasteiger partial charge is 0.487 e. The molecule has 1 aliphatic heterocycles. The molecule has 4 nitrogen and oxygen atoms in total. The number of benzene rings is 1. The lowest BCUT2D eigenvalue weighted by atomic mass is 10.0. The third kappa shape index (κ3) is 3.76. The van der Waals surface area contributed by atoms with Crippen molar-refractivity contribution in [1.29, 1.82) is 0 Å². The normalized spacial score (nSPS) is 17.4. The standard InChI is InChI=1S/C17H25NO3/c1-5-18(10-12(2)16(19)20)11-14-8-6-7-13-9-17(3,4)21-15(13)14/h6-8,12H,5,9-11H2,1-4H3,(H,19,20). The van der Waals surface area contributed by atoms with E-state index in [9.17, 15) is 4.79 Å². The molecule has 21 heavy (non-hydrogen) atoms. The van der Waals surface area contributed by atoms with Crippen molar-refractivity contribution in [2.75, 3.05) is 13.1 Å². The molecule has 0 bridgehead atoms. The third-order valence-electron chi connectivity index (χ3n) is 3.97. The SMILES string of the molecule is CCN(Cc1cccc2c1OC(C)(C)C2)CC(C)C(=O)O. The Hall–Kier alpha value is -1.55. The second-order valence-electron chi connectivity index (χ2n) is 6.51. The van der Waals surface area contributed by atoms with Crippen LogP contribution in [-0.2, 0) is 17.8 Å². The van der Waals surface area contributed by atoms with Crippen LogP contribution in [0.5, 0.6) is 5.75 Å². The predicted octanol–water partition coefficient (Wildman–Crippen LogP) is 2.94. The van der Waals surface area contributed by atoms with Crippen LogP contribution in [-0.4, -0.2) is 34.7 Å². The molecule has 0 radical (unpaired) electrons. The van der Waals surface area contributed by atoms with Crippen molar-refractivity contribution < 1.29 is 14.6 Å². The smallest absolute Gasteiger partial charge is 0.307 e. The molecule has 4 heteroatoms. The summed E-state index contributed by atoms with van der Waals surface area (Å²) in [4.78, 5) is 13.2. The quantitative estimate of drug-likeness (QED) is 0.875. The van der Waals surface area contributed by atoms with Crippen molar-refractivity contribution in [3.05, 3.63) is 29.3 Å². The summed E-state index contributed by atoms with van der Waals surface area (Å²) in [7, 11) is 0. The number of rotatable bonds is 6. The van der Waals surface area contributed by atoms with E-state index in [1.165, 1.54) is 5.56 Å². The van der Waals surface area contributed by atoms with E-state index in [0.29, 0.717) is 6.54 Å². The van der Waals surface area contributed by atoms with Crippen LogP contribution in [0, 0.1) is 5.92 Å². The number of carbonyl (C=O) groups is 1. The van der Waals surface area contributed by atoms with E-state index in [0.717, 1.165) is 30.8 Å². The van der Waals surface area contributed by atoms with Gasteiger partial charge in [0, 0.05) is 25.1 Å². The molecule has 1 unspecified atom stereocenters. The second-order valence-corrected chi connectivity index (χ2v) is 6.51. The maximum atomic E-state index is 11.0. The third-order valence-corrected chi connectivity index (χ3v) is 3.97. The van der Waals surface area contributed by atoms with Crippen molar-refractivity contribution in [1.82, 2.24) is 4.90 Å². The van der Waals surface area contributed by atoms with Crippen LogP contribution in [0.4, 0.5) is 0 Å². The zero-order valence-electron chi connectivity index (χ0n) is 13.3. The van der Waals surface area contributed by atoms with Crippen molar-refractivity contribution in [2.24, 2.45) is 5.92 Å². The maximum Gasteiger partial charge on any atom is 0.307 e. The minimum atomic E-state index is -0.746. The maximum absolute atomic E-state index is 11.0. The van der Waals surface area contributed by atoms with Gasteiger partial charge >= 0.3 is 5.97 Å². The summed E-state index contributed by atoms with van der Waals surface area (Å²) in [6.45, 7) is 10.1. The number of carboxylic acid groups (broad SMARTS) is 1. The first kappa shape index (κ1) is 15.8. The van der Waals surface area contributed by atoms with E-state index in [1.807, 2.05) is 0 Å². The summed E-state index contributed by atoms with van der Waals surface area (Å²) >= 11 is 0. The highest BCUT2D eigenvalue weighted by molar-refractivity contribution is 5.69. The Bertz CT molecular complexity index is 525. The van der Waals surface area contributed by atoms with Gasteiger partial charge in [0.05, 0.1) is 5.92 Å². The molecule has 1 aliphatic rings. The van der Waals surface area contributed by atoms with Crippen LogP contribution in [0.3, 0.4) is 0 Å². The number of hydrogen-bond acceptors (Lipinski definition) is 3. The predicted molar refractivity (Wildman–Crippen MR) is 82.6 cm³/mol. The molecule has 1 N–H and O–H groups in total. The molecular formula is C17H25NO3. The monoisotopic (exact) mass is 291 g/mol. The van der Waals surface area contributed by atoms with Gasteiger partial charge in [0.15, 0.2) is 0 Å². The fourth-order valence-corrected chi connectivity index (χ4v) is 2.82. The van der Waals surface area contributed by atoms with Gasteiger partial charge in [-0.3, -0.25) is 9.69 Å². The first-order valence-corrected chi connectivity index (χ1v) is 7.57. The van der Waals surface area contributed by atoms with Crippen molar-refractivity contribution in [3.8, 4) is 5.75 Å². The molecule has 0 amide bonds. The first-order valence-electron chi connectivity index (χ1n) is 7.57. The minimum Gasteiger partial charge on any atom is -0.487 e. The lowest BCUT2D eigenvalue weighted by Crippen LogP contribution is -2.31. The molecule has 116 valence electrons. The number of aliphatic carboxylic acids is 1. The molecule has 1 aromatic rings. The molecule has 0 saturated carbocycles. The zero-order chi connectivity index (χ0) is 15.6. The minimum absolute atomic E-state index is 0.149. The van der Waals surface area contributed by atoms with Gasteiger partial charge in [-0.2, -0.15) is 0 Å². The number of hydrogen-bond donors (Lipinski definition) is 1. The molecule has 0 aliphatic carbocycles. The Kier molecular flexibility index (Phi) is 4.57. The summed E-state index contributed by atoms with van der Waals surface area (Å²) < 4.78 is 6.08. The summed E-state index contributed by atoms with van der Waals surface area (Å²) in [5.74, 6) is -0.118. The lowest BCUT2D eigenvalue weighted by molar-refractivity contribution is -0.141. The Morgan fingerprint density at radius 1 is 1.48 bits per heavy atom. The molecule has 0 saturated heterocycles. The van der Waals surface area contributed by atoms with E-state index in [-0.39, 0.29) is 11.5 Å². The number of carboxylic acids is 1. The van der Waals surface area contributed by atoms with Gasteiger partial charge in [-0.25, -0.2) is 0 Å². The topological polar surface area (TPSA) is 49.8 Å². The molecule has 1 aromatic carbocycles. The van der Waals surface area contributed by atoms with Gasteiger partial charge in [-0.05, 0) is 26.0 Å². The number of ether oxygens (including phenoxy) is 1. The number of para-hydroxylation sites is 1. The molecule has 2 rings (SSSR count). The van der Waals surface area contributed by atoms with E-state index >= 15 is 0 Å². The summed E-state index contributed by atoms with van der Waals surface area (Å²) in [5, 5.41) is 9.06. The van der Waals surface area contributed by atoms with Gasteiger partial charge in [0.2, 0.25) is 0 Å². The van der Waals surface area contributed by atoms with Gasteiger partial charge in [-0.15, -0.1) is 0 Å². The Morgan fingerprint density at radius 3 is 2.81 bits per heavy atom. The Labute approximate surface area is 126 Å². The highest BCUT2D eigenvalue weighted by atomic mass is 16.5. The highest BCUT2D eigenvalue weighted by Crippen LogP contribution is 2.38. The number of nitrogens with zero attached hydrogens (tertiary/aromatic N) is 1. The summed E-state index contributed by atoms with van der Waals surface area (Å²) in [6.07, 6.45) is 0.924. The van der Waals surface area contributed by atoms with Crippen molar-refractivity contribution in [3.63, 3.8) is 0 Å². The molecule has 1 atom stereocenters. The lowest BCUT2D eigenvalue weighted by Gasteiger charge is -2.24. The zero-order valence-corrected chi connectivity index (χ0v) is 13.3. The summed E-state index contributed by atoms with van der Waals surface area (Å²) in [6, 6.07) is 6.26. The van der Waals surface area contributed by atoms with Gasteiger partial charge in [0.25, 0.3) is 0 Å². The number of fused-ring (bicyclic) bond motifs is 1. The molecule has 0 fully saturated rings. The fourth-order valence-electron chi connectivity index (χ4n) is 2.82. The second kappa shape index (κ2) is 6.06. The first-order chi connectivity index (χ1) is 9.82. The van der Waals surface area contributed by atoms with Crippen LogP contribution in [0.2, 0.25) is 0 Å². The van der Waals surface area contributed by atoms with Crippen molar-refractivity contribution >= 4 is 5.97 Å². The average molecular weight is 291 g/mol. The van der Waals surface area contributed by atoms with Crippen LogP contribution in [0.15, 0.2) is 18.2 Å². The molecular weight excluding hydrogens is 266 g/mol. The van der Waals surface area contributed by atoms with Crippen LogP contribution in [0.25, 0.3) is 0 Å². The van der Waals surface area contributed by atoms with E-state index in [2.05, 4.69) is 43.9 Å². The fraction of sp³-hybridized carbons (Fsp3) is 0.588. The van der Waals surface area contributed by atoms with Gasteiger partial charge < -0.3 is 9.84 Å². The van der Waals surface area contributed by atoms with Crippen LogP contribution < -0.4 is 4.74 Å². The molecule has 1 heterocycles. The van der Waals surface area contributed by atoms with Gasteiger partial charge in [0.1, 0.15) is 11.4 Å². The van der Waals surface area contributed by atoms with E-state index < -0.39 is 5.97 Å². The Balaban J connectivity index is 2.13. The Morgan fingerprint density at radius 2 is 2.19 bits per heavy atom. The molecule has 0 aromatic heterocycles. The highest BCUT2D eigenvalue weighted by Gasteiger charge is 2.31. The average Bonchev–Trinajstić information content (AvgIpc) is 2.72. The van der Waals surface area contributed by atoms with Crippen molar-refractivity contribution in [2.45, 2.75) is 46.3 Å². The van der Waals surface area contributed by atoms with Crippen LogP contribution in [0.1, 0.15) is 38.8 Å². The van der Waals surface area contributed by atoms with E-state index in [1.54, 1.807) is 6.92 Å². The van der Waals surface area contributed by atoms with E-state index in [4.69, 9.17) is 9.84 Å².